The summed E-state index contributed by atoms with van der Waals surface area (Å²) in [6.45, 7) is 3.71. The summed E-state index contributed by atoms with van der Waals surface area (Å²) in [6, 6.07) is 15.7. The molecule has 1 aromatic heterocycles. The topological polar surface area (TPSA) is 95.3 Å². The summed E-state index contributed by atoms with van der Waals surface area (Å²) in [6.07, 6.45) is 3.57. The van der Waals surface area contributed by atoms with E-state index in [-0.39, 0.29) is 6.61 Å². The van der Waals surface area contributed by atoms with Crippen molar-refractivity contribution in [1.29, 1.82) is 5.26 Å². The number of fused-ring (bicyclic) bond motifs is 1. The Morgan fingerprint density at radius 1 is 1.12 bits per heavy atom. The van der Waals surface area contributed by atoms with Crippen molar-refractivity contribution in [3.63, 3.8) is 0 Å². The SMILES string of the molecule is COCCN1CCc2ccc(Nc3ncc(Cl)c(Nc4ccccc4OCC#N)n3)cc2CC1. The number of ether oxygens (including phenoxy) is 2. The van der Waals surface area contributed by atoms with Crippen LogP contribution in [0.5, 0.6) is 5.75 Å². The van der Waals surface area contributed by atoms with Crippen LogP contribution in [0.15, 0.2) is 48.7 Å². The molecule has 3 aromatic rings. The van der Waals surface area contributed by atoms with Crippen LogP contribution in [0, 0.1) is 11.3 Å². The molecule has 0 aliphatic carbocycles. The van der Waals surface area contributed by atoms with Gasteiger partial charge in [0.2, 0.25) is 5.95 Å². The van der Waals surface area contributed by atoms with Gasteiger partial charge in [-0.3, -0.25) is 0 Å². The second kappa shape index (κ2) is 11.7. The van der Waals surface area contributed by atoms with Gasteiger partial charge < -0.3 is 25.0 Å². The summed E-state index contributed by atoms with van der Waals surface area (Å²) >= 11 is 6.35. The van der Waals surface area contributed by atoms with Crippen molar-refractivity contribution < 1.29 is 9.47 Å². The third-order valence-corrected chi connectivity index (χ3v) is 5.92. The van der Waals surface area contributed by atoms with Gasteiger partial charge in [0.1, 0.15) is 16.8 Å². The molecule has 2 N–H and O–H groups in total. The molecule has 0 bridgehead atoms. The van der Waals surface area contributed by atoms with Gasteiger partial charge in [-0.15, -0.1) is 0 Å². The van der Waals surface area contributed by atoms with Crippen LogP contribution in [-0.2, 0) is 17.6 Å². The lowest BCUT2D eigenvalue weighted by Gasteiger charge is -2.18. The van der Waals surface area contributed by atoms with Crippen molar-refractivity contribution >= 4 is 34.7 Å². The lowest BCUT2D eigenvalue weighted by atomic mass is 10.0. The van der Waals surface area contributed by atoms with Crippen molar-refractivity contribution in [2.24, 2.45) is 0 Å². The number of nitriles is 1. The molecule has 1 aliphatic heterocycles. The Labute approximate surface area is 204 Å². The standard InChI is InChI=1S/C25H27ClN6O2/c1-33-15-13-32-11-8-18-6-7-20(16-19(18)9-12-32)29-25-28-17-21(26)24(31-25)30-22-4-2-3-5-23(22)34-14-10-27/h2-7,16-17H,8-9,11-15H2,1H3,(H2,28,29,30,31). The van der Waals surface area contributed by atoms with Crippen LogP contribution >= 0.6 is 11.6 Å². The van der Waals surface area contributed by atoms with E-state index < -0.39 is 0 Å². The van der Waals surface area contributed by atoms with Crippen LogP contribution in [-0.4, -0.2) is 54.8 Å². The number of aromatic nitrogens is 2. The van der Waals surface area contributed by atoms with E-state index in [4.69, 9.17) is 26.3 Å². The molecule has 0 spiro atoms. The number of hydrogen-bond donors (Lipinski definition) is 2. The predicted molar refractivity (Wildman–Crippen MR) is 133 cm³/mol. The molecule has 0 radical (unpaired) electrons. The average molecular weight is 479 g/mol. The van der Waals surface area contributed by atoms with Crippen LogP contribution in [0.2, 0.25) is 5.02 Å². The van der Waals surface area contributed by atoms with Crippen LogP contribution in [0.25, 0.3) is 0 Å². The first-order valence-electron chi connectivity index (χ1n) is 11.1. The molecule has 0 atom stereocenters. The molecule has 8 nitrogen and oxygen atoms in total. The minimum atomic E-state index is -0.0501. The second-order valence-corrected chi connectivity index (χ2v) is 8.31. The van der Waals surface area contributed by atoms with Gasteiger partial charge >= 0.3 is 0 Å². The van der Waals surface area contributed by atoms with E-state index in [2.05, 4.69) is 43.7 Å². The van der Waals surface area contributed by atoms with Gasteiger partial charge in [0.15, 0.2) is 12.4 Å². The van der Waals surface area contributed by atoms with Crippen molar-refractivity contribution in [3.05, 3.63) is 64.8 Å². The molecule has 0 unspecified atom stereocenters. The number of nitrogens with one attached hydrogen (secondary N) is 2. The van der Waals surface area contributed by atoms with Gasteiger partial charge in [-0.25, -0.2) is 4.98 Å². The van der Waals surface area contributed by atoms with Crippen LogP contribution in [0.1, 0.15) is 11.1 Å². The molecule has 0 amide bonds. The van der Waals surface area contributed by atoms with E-state index >= 15 is 0 Å². The molecule has 176 valence electrons. The number of para-hydroxylation sites is 2. The Hall–Kier alpha value is -3.38. The smallest absolute Gasteiger partial charge is 0.229 e. The first-order chi connectivity index (χ1) is 16.7. The van der Waals surface area contributed by atoms with Crippen molar-refractivity contribution in [3.8, 4) is 11.8 Å². The third kappa shape index (κ3) is 6.14. The van der Waals surface area contributed by atoms with Gasteiger partial charge in [0.05, 0.1) is 18.5 Å². The zero-order chi connectivity index (χ0) is 23.8. The van der Waals surface area contributed by atoms with Crippen LogP contribution in [0.4, 0.5) is 23.1 Å². The maximum atomic E-state index is 8.81. The molecule has 2 heterocycles. The highest BCUT2D eigenvalue weighted by Crippen LogP contribution is 2.31. The maximum absolute atomic E-state index is 8.81. The first-order valence-corrected chi connectivity index (χ1v) is 11.5. The number of hydrogen-bond acceptors (Lipinski definition) is 8. The van der Waals surface area contributed by atoms with Crippen molar-refractivity contribution in [1.82, 2.24) is 14.9 Å². The molecular formula is C25H27ClN6O2. The van der Waals surface area contributed by atoms with E-state index in [9.17, 15) is 0 Å². The minimum absolute atomic E-state index is 0.0501. The average Bonchev–Trinajstić information content (AvgIpc) is 3.06. The fraction of sp³-hybridized carbons (Fsp3) is 0.320. The largest absolute Gasteiger partial charge is 0.477 e. The van der Waals surface area contributed by atoms with E-state index in [1.54, 1.807) is 19.4 Å². The van der Waals surface area contributed by atoms with Gasteiger partial charge in [-0.05, 0) is 48.2 Å². The monoisotopic (exact) mass is 478 g/mol. The van der Waals surface area contributed by atoms with E-state index in [1.807, 2.05) is 24.3 Å². The summed E-state index contributed by atoms with van der Waals surface area (Å²) < 4.78 is 10.7. The summed E-state index contributed by atoms with van der Waals surface area (Å²) in [5.41, 5.74) is 4.29. The van der Waals surface area contributed by atoms with Crippen molar-refractivity contribution in [2.45, 2.75) is 12.8 Å². The molecule has 0 fully saturated rings. The molecule has 0 saturated carbocycles. The molecule has 9 heteroatoms. The Morgan fingerprint density at radius 3 is 2.76 bits per heavy atom. The molecule has 4 rings (SSSR count). The number of nitrogens with zero attached hydrogens (tertiary/aromatic N) is 4. The fourth-order valence-electron chi connectivity index (χ4n) is 3.87. The maximum Gasteiger partial charge on any atom is 0.229 e. The van der Waals surface area contributed by atoms with Gasteiger partial charge in [-0.2, -0.15) is 10.2 Å². The van der Waals surface area contributed by atoms with Gasteiger partial charge in [-0.1, -0.05) is 29.8 Å². The Kier molecular flexibility index (Phi) is 8.15. The highest BCUT2D eigenvalue weighted by molar-refractivity contribution is 6.32. The molecule has 1 aliphatic rings. The zero-order valence-electron chi connectivity index (χ0n) is 19.1. The number of methoxy groups -OCH3 is 1. The number of rotatable bonds is 9. The Bertz CT molecular complexity index is 1170. The predicted octanol–water partition coefficient (Wildman–Crippen LogP) is 4.57. The second-order valence-electron chi connectivity index (χ2n) is 7.90. The highest BCUT2D eigenvalue weighted by atomic mass is 35.5. The fourth-order valence-corrected chi connectivity index (χ4v) is 4.01. The van der Waals surface area contributed by atoms with Gasteiger partial charge in [0.25, 0.3) is 0 Å². The summed E-state index contributed by atoms with van der Waals surface area (Å²) in [5, 5.41) is 15.7. The Morgan fingerprint density at radius 2 is 1.94 bits per heavy atom. The van der Waals surface area contributed by atoms with E-state index in [1.165, 1.54) is 11.1 Å². The number of benzene rings is 2. The third-order valence-electron chi connectivity index (χ3n) is 5.65. The molecule has 0 saturated heterocycles. The Balaban J connectivity index is 1.48. The highest BCUT2D eigenvalue weighted by Gasteiger charge is 2.15. The normalized spacial score (nSPS) is 13.4. The molecular weight excluding hydrogens is 452 g/mol. The lowest BCUT2D eigenvalue weighted by Crippen LogP contribution is -2.29. The van der Waals surface area contributed by atoms with Crippen molar-refractivity contribution in [2.75, 3.05) is 50.6 Å². The molecule has 34 heavy (non-hydrogen) atoms. The van der Waals surface area contributed by atoms with E-state index in [0.29, 0.717) is 28.2 Å². The quantitative estimate of drug-likeness (QED) is 0.462. The van der Waals surface area contributed by atoms with E-state index in [0.717, 1.165) is 44.8 Å². The zero-order valence-corrected chi connectivity index (χ0v) is 19.8. The van der Waals surface area contributed by atoms with Gasteiger partial charge in [0, 0.05) is 32.4 Å². The number of anilines is 4. The van der Waals surface area contributed by atoms with Crippen LogP contribution < -0.4 is 15.4 Å². The number of halogens is 1. The summed E-state index contributed by atoms with van der Waals surface area (Å²) in [5.74, 6) is 1.41. The first kappa shape index (κ1) is 23.8. The lowest BCUT2D eigenvalue weighted by molar-refractivity contribution is 0.150. The summed E-state index contributed by atoms with van der Waals surface area (Å²) in [4.78, 5) is 11.3. The molecule has 2 aromatic carbocycles. The minimum Gasteiger partial charge on any atom is -0.477 e. The summed E-state index contributed by atoms with van der Waals surface area (Å²) in [7, 11) is 1.74. The van der Waals surface area contributed by atoms with Crippen LogP contribution in [0.3, 0.4) is 0 Å².